The van der Waals surface area contributed by atoms with Crippen molar-refractivity contribution in [1.82, 2.24) is 4.57 Å². The van der Waals surface area contributed by atoms with Crippen LogP contribution in [0.4, 0.5) is 0 Å². The Balaban J connectivity index is 1.65. The molecule has 1 aliphatic carbocycles. The molecule has 5 heteroatoms. The average molecular weight is 440 g/mol. The van der Waals surface area contributed by atoms with Crippen LogP contribution in [-0.2, 0) is 12.0 Å². The van der Waals surface area contributed by atoms with Crippen LogP contribution in [0, 0.1) is 0 Å². The molecule has 33 heavy (non-hydrogen) atoms. The molecule has 4 aromatic rings. The van der Waals surface area contributed by atoms with E-state index in [1.807, 2.05) is 84.3 Å². The molecule has 0 amide bonds. The van der Waals surface area contributed by atoms with E-state index in [9.17, 15) is 9.59 Å². The van der Waals surface area contributed by atoms with Crippen LogP contribution in [0.15, 0.2) is 72.8 Å². The van der Waals surface area contributed by atoms with E-state index in [2.05, 4.69) is 0 Å². The number of carbonyl (C=O) groups excluding carboxylic acids is 2. The summed E-state index contributed by atoms with van der Waals surface area (Å²) in [6.45, 7) is 2.37. The third-order valence-corrected chi connectivity index (χ3v) is 6.70. The molecule has 0 N–H and O–H groups in total. The molecule has 1 aromatic heterocycles. The number of benzene rings is 3. The molecule has 1 unspecified atom stereocenters. The van der Waals surface area contributed by atoms with Gasteiger partial charge in [0.05, 0.1) is 30.9 Å². The van der Waals surface area contributed by atoms with Crippen molar-refractivity contribution in [3.63, 3.8) is 0 Å². The van der Waals surface area contributed by atoms with Crippen molar-refractivity contribution < 1.29 is 19.1 Å². The van der Waals surface area contributed by atoms with Gasteiger partial charge >= 0.3 is 0 Å². The minimum absolute atomic E-state index is 0.0207. The number of fused-ring (bicyclic) bond motifs is 3. The lowest BCUT2D eigenvalue weighted by Crippen LogP contribution is -2.40. The quantitative estimate of drug-likeness (QED) is 0.416. The first-order valence-electron chi connectivity index (χ1n) is 10.9. The van der Waals surface area contributed by atoms with Crippen LogP contribution in [0.2, 0.25) is 0 Å². The normalized spacial score (nSPS) is 17.8. The predicted octanol–water partition coefficient (Wildman–Crippen LogP) is 5.43. The van der Waals surface area contributed by atoms with Gasteiger partial charge in [0.2, 0.25) is 0 Å². The monoisotopic (exact) mass is 439 g/mol. The number of carbonyl (C=O) groups is 2. The van der Waals surface area contributed by atoms with Gasteiger partial charge in [0.25, 0.3) is 0 Å². The Bertz CT molecular complexity index is 1370. The molecule has 0 fully saturated rings. The zero-order valence-electron chi connectivity index (χ0n) is 18.9. The third kappa shape index (κ3) is 3.32. The van der Waals surface area contributed by atoms with E-state index in [1.54, 1.807) is 14.2 Å². The summed E-state index contributed by atoms with van der Waals surface area (Å²) in [5.41, 5.74) is 2.84. The van der Waals surface area contributed by atoms with Crippen molar-refractivity contribution >= 4 is 22.5 Å². The van der Waals surface area contributed by atoms with Gasteiger partial charge in [-0.15, -0.1) is 0 Å². The van der Waals surface area contributed by atoms with Crippen LogP contribution in [0.25, 0.3) is 10.9 Å². The second-order valence-corrected chi connectivity index (χ2v) is 8.66. The van der Waals surface area contributed by atoms with Crippen LogP contribution >= 0.6 is 0 Å². The number of hydrogen-bond donors (Lipinski definition) is 0. The molecule has 0 radical (unpaired) electrons. The summed E-state index contributed by atoms with van der Waals surface area (Å²) < 4.78 is 12.5. The smallest absolute Gasteiger partial charge is 0.181 e. The number of methoxy groups -OCH3 is 2. The van der Waals surface area contributed by atoms with Crippen molar-refractivity contribution in [3.8, 4) is 11.5 Å². The Morgan fingerprint density at radius 3 is 2.09 bits per heavy atom. The van der Waals surface area contributed by atoms with Crippen molar-refractivity contribution in [2.45, 2.75) is 25.3 Å². The van der Waals surface area contributed by atoms with Crippen molar-refractivity contribution in [3.05, 3.63) is 95.2 Å². The second-order valence-electron chi connectivity index (χ2n) is 8.66. The fourth-order valence-corrected chi connectivity index (χ4v) is 4.85. The van der Waals surface area contributed by atoms with Gasteiger partial charge in [-0.3, -0.25) is 9.59 Å². The molecule has 1 aliphatic rings. The van der Waals surface area contributed by atoms with Crippen LogP contribution in [0.3, 0.4) is 0 Å². The van der Waals surface area contributed by atoms with E-state index in [-0.39, 0.29) is 18.0 Å². The Kier molecular flexibility index (Phi) is 5.05. The molecule has 3 aromatic carbocycles. The molecule has 166 valence electrons. The lowest BCUT2D eigenvalue weighted by Gasteiger charge is -2.32. The first-order chi connectivity index (χ1) is 16.0. The van der Waals surface area contributed by atoms with E-state index in [4.69, 9.17) is 9.47 Å². The van der Waals surface area contributed by atoms with Crippen LogP contribution in [0.1, 0.15) is 45.3 Å². The van der Waals surface area contributed by atoms with Crippen molar-refractivity contribution in [2.75, 3.05) is 14.2 Å². The summed E-state index contributed by atoms with van der Waals surface area (Å²) in [6, 6.07) is 23.0. The van der Waals surface area contributed by atoms with Gasteiger partial charge in [-0.2, -0.15) is 0 Å². The molecule has 5 nitrogen and oxygen atoms in total. The highest BCUT2D eigenvalue weighted by atomic mass is 16.5. The van der Waals surface area contributed by atoms with E-state index in [0.717, 1.165) is 27.8 Å². The topological polar surface area (TPSA) is 57.5 Å². The van der Waals surface area contributed by atoms with Gasteiger partial charge in [-0.1, -0.05) is 42.5 Å². The summed E-state index contributed by atoms with van der Waals surface area (Å²) in [7, 11) is 3.24. The number of hydrogen-bond acceptors (Lipinski definition) is 4. The highest BCUT2D eigenvalue weighted by Crippen LogP contribution is 2.42. The lowest BCUT2D eigenvalue weighted by atomic mass is 9.68. The van der Waals surface area contributed by atoms with Crippen molar-refractivity contribution in [2.24, 2.45) is 0 Å². The van der Waals surface area contributed by atoms with Crippen LogP contribution in [-0.4, -0.2) is 30.4 Å². The predicted molar refractivity (Wildman–Crippen MR) is 128 cm³/mol. The van der Waals surface area contributed by atoms with E-state index < -0.39 is 5.41 Å². The standard InChI is InChI=1S/C28H25NO4/c1-28(19-10-14-21(33-3)15-11-19)16-24(30)26-25(27(28)31)22-6-4-5-7-23(22)29(26)17-18-8-12-20(32-2)13-9-18/h4-15H,16-17H2,1-3H3. The van der Waals surface area contributed by atoms with Crippen LogP contribution < -0.4 is 9.47 Å². The zero-order valence-corrected chi connectivity index (χ0v) is 18.9. The molecule has 1 heterocycles. The first-order valence-corrected chi connectivity index (χ1v) is 10.9. The SMILES string of the molecule is COc1ccc(Cn2c3c(c4ccccc42)C(=O)C(C)(c2ccc(OC)cc2)CC3=O)cc1. The molecule has 1 atom stereocenters. The fourth-order valence-electron chi connectivity index (χ4n) is 4.85. The summed E-state index contributed by atoms with van der Waals surface area (Å²) in [4.78, 5) is 27.6. The zero-order chi connectivity index (χ0) is 23.2. The first kappa shape index (κ1) is 21.0. The summed E-state index contributed by atoms with van der Waals surface area (Å²) >= 11 is 0. The Labute approximate surface area is 192 Å². The van der Waals surface area contributed by atoms with Gasteiger partial charge in [0.1, 0.15) is 11.5 Å². The maximum absolute atomic E-state index is 14.0. The second kappa shape index (κ2) is 7.93. The molecule has 0 spiro atoms. The highest BCUT2D eigenvalue weighted by Gasteiger charge is 2.46. The van der Waals surface area contributed by atoms with Gasteiger partial charge in [0.15, 0.2) is 11.6 Å². The van der Waals surface area contributed by atoms with Gasteiger partial charge in [0, 0.05) is 23.9 Å². The van der Waals surface area contributed by atoms with Gasteiger partial charge < -0.3 is 14.0 Å². The summed E-state index contributed by atoms with van der Waals surface area (Å²) in [5.74, 6) is 1.45. The van der Waals surface area contributed by atoms with Crippen molar-refractivity contribution in [1.29, 1.82) is 0 Å². The Morgan fingerprint density at radius 2 is 1.45 bits per heavy atom. The highest BCUT2D eigenvalue weighted by molar-refractivity contribution is 6.24. The molecular weight excluding hydrogens is 414 g/mol. The number of ketones is 2. The number of nitrogens with zero attached hydrogens (tertiary/aromatic N) is 1. The summed E-state index contributed by atoms with van der Waals surface area (Å²) in [6.07, 6.45) is 0.129. The molecule has 0 saturated carbocycles. The average Bonchev–Trinajstić information content (AvgIpc) is 3.18. The molecule has 5 rings (SSSR count). The molecule has 0 aliphatic heterocycles. The van der Waals surface area contributed by atoms with E-state index in [0.29, 0.717) is 23.6 Å². The van der Waals surface area contributed by atoms with Gasteiger partial charge in [-0.25, -0.2) is 0 Å². The number of para-hydroxylation sites is 1. The molecule has 0 saturated heterocycles. The van der Waals surface area contributed by atoms with E-state index in [1.165, 1.54) is 0 Å². The number of aromatic nitrogens is 1. The Hall–Kier alpha value is -3.86. The molecular formula is C28H25NO4. The maximum atomic E-state index is 14.0. The number of rotatable bonds is 5. The molecule has 0 bridgehead atoms. The largest absolute Gasteiger partial charge is 0.497 e. The number of ether oxygens (including phenoxy) is 2. The Morgan fingerprint density at radius 1 is 0.848 bits per heavy atom. The van der Waals surface area contributed by atoms with Crippen LogP contribution in [0.5, 0.6) is 11.5 Å². The number of Topliss-reactive ketones (excluding diaryl/α,β-unsaturated/α-hetero) is 2. The minimum Gasteiger partial charge on any atom is -0.497 e. The maximum Gasteiger partial charge on any atom is 0.181 e. The lowest BCUT2D eigenvalue weighted by molar-refractivity contribution is 0.0795. The van der Waals surface area contributed by atoms with E-state index >= 15 is 0 Å². The minimum atomic E-state index is -0.925. The fraction of sp³-hybridized carbons (Fsp3) is 0.214. The summed E-state index contributed by atoms with van der Waals surface area (Å²) in [5, 5.41) is 0.818. The van der Waals surface area contributed by atoms with Gasteiger partial charge in [-0.05, 0) is 48.4 Å². The third-order valence-electron chi connectivity index (χ3n) is 6.70.